The van der Waals surface area contributed by atoms with Crippen LogP contribution in [0.2, 0.25) is 0 Å². The lowest BCUT2D eigenvalue weighted by Gasteiger charge is -2.09. The van der Waals surface area contributed by atoms with Crippen LogP contribution in [0.3, 0.4) is 0 Å². The van der Waals surface area contributed by atoms with Gasteiger partial charge in [0.1, 0.15) is 5.82 Å². The SMILES string of the molecule is CCC1=CCC(/C=N/N=C/c2ccc(F)cc2)C=C1. The van der Waals surface area contributed by atoms with E-state index in [2.05, 4.69) is 35.4 Å². The molecule has 19 heavy (non-hydrogen) atoms. The van der Waals surface area contributed by atoms with E-state index in [0.717, 1.165) is 18.4 Å². The minimum Gasteiger partial charge on any atom is -0.207 e. The van der Waals surface area contributed by atoms with Crippen LogP contribution in [-0.4, -0.2) is 12.4 Å². The molecule has 0 radical (unpaired) electrons. The summed E-state index contributed by atoms with van der Waals surface area (Å²) in [6, 6.07) is 6.16. The molecule has 0 N–H and O–H groups in total. The first-order valence-corrected chi connectivity index (χ1v) is 6.47. The van der Waals surface area contributed by atoms with Gasteiger partial charge >= 0.3 is 0 Å². The van der Waals surface area contributed by atoms with Gasteiger partial charge in [-0.2, -0.15) is 10.2 Å². The zero-order chi connectivity index (χ0) is 13.5. The Hall–Kier alpha value is -2.03. The predicted octanol–water partition coefficient (Wildman–Crippen LogP) is 4.14. The zero-order valence-electron chi connectivity index (χ0n) is 11.0. The van der Waals surface area contributed by atoms with Gasteiger partial charge < -0.3 is 0 Å². The van der Waals surface area contributed by atoms with Gasteiger partial charge in [0.15, 0.2) is 0 Å². The lowest BCUT2D eigenvalue weighted by atomic mass is 9.97. The fraction of sp³-hybridized carbons (Fsp3) is 0.250. The Kier molecular flexibility index (Phi) is 4.78. The Morgan fingerprint density at radius 1 is 1.26 bits per heavy atom. The average molecular weight is 256 g/mol. The third-order valence-corrected chi connectivity index (χ3v) is 3.02. The second kappa shape index (κ2) is 6.78. The van der Waals surface area contributed by atoms with E-state index < -0.39 is 0 Å². The number of benzene rings is 1. The van der Waals surface area contributed by atoms with E-state index in [1.807, 2.05) is 6.21 Å². The molecule has 0 saturated heterocycles. The summed E-state index contributed by atoms with van der Waals surface area (Å²) < 4.78 is 12.7. The van der Waals surface area contributed by atoms with Crippen molar-refractivity contribution in [1.82, 2.24) is 0 Å². The van der Waals surface area contributed by atoms with Gasteiger partial charge in [0.25, 0.3) is 0 Å². The third kappa shape index (κ3) is 4.28. The van der Waals surface area contributed by atoms with Gasteiger partial charge in [-0.1, -0.05) is 42.9 Å². The van der Waals surface area contributed by atoms with E-state index in [1.165, 1.54) is 17.7 Å². The van der Waals surface area contributed by atoms with Crippen molar-refractivity contribution >= 4 is 12.4 Å². The summed E-state index contributed by atoms with van der Waals surface area (Å²) in [5, 5.41) is 8.01. The first-order chi connectivity index (χ1) is 9.28. The molecule has 1 atom stereocenters. The normalized spacial score (nSPS) is 19.3. The minimum atomic E-state index is -0.244. The van der Waals surface area contributed by atoms with Crippen LogP contribution in [0.4, 0.5) is 4.39 Å². The van der Waals surface area contributed by atoms with Crippen LogP contribution in [0.15, 0.2) is 58.3 Å². The van der Waals surface area contributed by atoms with Crippen LogP contribution in [0.5, 0.6) is 0 Å². The molecule has 0 saturated carbocycles. The Bertz CT molecular complexity index is 524. The molecule has 2 nitrogen and oxygen atoms in total. The van der Waals surface area contributed by atoms with Crippen molar-refractivity contribution in [1.29, 1.82) is 0 Å². The van der Waals surface area contributed by atoms with Gasteiger partial charge in [-0.05, 0) is 30.5 Å². The highest BCUT2D eigenvalue weighted by Crippen LogP contribution is 2.16. The Labute approximate surface area is 113 Å². The second-order valence-electron chi connectivity index (χ2n) is 4.45. The highest BCUT2D eigenvalue weighted by Gasteiger charge is 2.04. The fourth-order valence-corrected chi connectivity index (χ4v) is 1.83. The number of hydrogen-bond acceptors (Lipinski definition) is 2. The molecule has 1 unspecified atom stereocenters. The summed E-state index contributed by atoms with van der Waals surface area (Å²) >= 11 is 0. The number of halogens is 1. The molecule has 0 amide bonds. The summed E-state index contributed by atoms with van der Waals surface area (Å²) in [6.45, 7) is 2.15. The summed E-state index contributed by atoms with van der Waals surface area (Å²) in [5.74, 6) is 0.0761. The number of allylic oxidation sites excluding steroid dienone is 4. The topological polar surface area (TPSA) is 24.7 Å². The van der Waals surface area contributed by atoms with Gasteiger partial charge in [-0.3, -0.25) is 0 Å². The maximum absolute atomic E-state index is 12.7. The van der Waals surface area contributed by atoms with E-state index in [0.29, 0.717) is 5.92 Å². The van der Waals surface area contributed by atoms with E-state index in [-0.39, 0.29) is 5.82 Å². The molecular weight excluding hydrogens is 239 g/mol. The first-order valence-electron chi connectivity index (χ1n) is 6.47. The molecule has 1 aromatic rings. The molecular formula is C16H17FN2. The quantitative estimate of drug-likeness (QED) is 0.571. The minimum absolute atomic E-state index is 0.244. The second-order valence-corrected chi connectivity index (χ2v) is 4.45. The standard InChI is InChI=1S/C16H17FN2/c1-2-13-3-5-14(6-4-13)11-18-19-12-15-7-9-16(17)10-8-15/h3-5,7-12,14H,2,6H2,1H3/b18-11+,19-12+. The largest absolute Gasteiger partial charge is 0.207 e. The molecule has 0 aliphatic heterocycles. The van der Waals surface area contributed by atoms with Gasteiger partial charge in [-0.15, -0.1) is 0 Å². The van der Waals surface area contributed by atoms with Crippen molar-refractivity contribution in [3.8, 4) is 0 Å². The van der Waals surface area contributed by atoms with Crippen LogP contribution in [0.25, 0.3) is 0 Å². The van der Waals surface area contributed by atoms with Gasteiger partial charge in [0.2, 0.25) is 0 Å². The molecule has 1 aliphatic rings. The Morgan fingerprint density at radius 3 is 2.68 bits per heavy atom. The summed E-state index contributed by atoms with van der Waals surface area (Å²) in [7, 11) is 0. The van der Waals surface area contributed by atoms with Gasteiger partial charge in [-0.25, -0.2) is 4.39 Å². The molecule has 0 bridgehead atoms. The Balaban J connectivity index is 1.86. The van der Waals surface area contributed by atoms with Crippen molar-refractivity contribution in [2.45, 2.75) is 19.8 Å². The van der Waals surface area contributed by atoms with Crippen LogP contribution < -0.4 is 0 Å². The van der Waals surface area contributed by atoms with Crippen molar-refractivity contribution in [2.75, 3.05) is 0 Å². The predicted molar refractivity (Wildman–Crippen MR) is 78.1 cm³/mol. The van der Waals surface area contributed by atoms with Gasteiger partial charge in [0.05, 0.1) is 6.21 Å². The summed E-state index contributed by atoms with van der Waals surface area (Å²) in [6.07, 6.45) is 12.0. The van der Waals surface area contributed by atoms with E-state index in [1.54, 1.807) is 18.3 Å². The zero-order valence-corrected chi connectivity index (χ0v) is 11.0. The van der Waals surface area contributed by atoms with Crippen LogP contribution in [0, 0.1) is 11.7 Å². The monoisotopic (exact) mass is 256 g/mol. The molecule has 1 aromatic carbocycles. The average Bonchev–Trinajstić information content (AvgIpc) is 2.46. The molecule has 3 heteroatoms. The van der Waals surface area contributed by atoms with Crippen molar-refractivity contribution in [3.63, 3.8) is 0 Å². The molecule has 0 heterocycles. The highest BCUT2D eigenvalue weighted by atomic mass is 19.1. The number of rotatable bonds is 4. The van der Waals surface area contributed by atoms with E-state index in [9.17, 15) is 4.39 Å². The molecule has 0 aromatic heterocycles. The number of hydrogen-bond donors (Lipinski definition) is 0. The molecule has 2 rings (SSSR count). The smallest absolute Gasteiger partial charge is 0.123 e. The molecule has 0 fully saturated rings. The van der Waals surface area contributed by atoms with Crippen molar-refractivity contribution in [3.05, 3.63) is 59.4 Å². The summed E-state index contributed by atoms with van der Waals surface area (Å²) in [4.78, 5) is 0. The lowest BCUT2D eigenvalue weighted by Crippen LogP contribution is -2.00. The maximum atomic E-state index is 12.7. The number of nitrogens with zero attached hydrogens (tertiary/aromatic N) is 2. The van der Waals surface area contributed by atoms with Crippen LogP contribution in [0.1, 0.15) is 25.3 Å². The van der Waals surface area contributed by atoms with Crippen LogP contribution >= 0.6 is 0 Å². The third-order valence-electron chi connectivity index (χ3n) is 3.02. The van der Waals surface area contributed by atoms with E-state index in [4.69, 9.17) is 0 Å². The summed E-state index contributed by atoms with van der Waals surface area (Å²) in [5.41, 5.74) is 2.21. The van der Waals surface area contributed by atoms with Crippen molar-refractivity contribution < 1.29 is 4.39 Å². The fourth-order valence-electron chi connectivity index (χ4n) is 1.83. The van der Waals surface area contributed by atoms with E-state index >= 15 is 0 Å². The Morgan fingerprint density at radius 2 is 2.05 bits per heavy atom. The maximum Gasteiger partial charge on any atom is 0.123 e. The van der Waals surface area contributed by atoms with Crippen LogP contribution in [-0.2, 0) is 0 Å². The highest BCUT2D eigenvalue weighted by molar-refractivity contribution is 5.79. The molecule has 98 valence electrons. The molecule has 0 spiro atoms. The lowest BCUT2D eigenvalue weighted by molar-refractivity contribution is 0.628. The van der Waals surface area contributed by atoms with Crippen molar-refractivity contribution in [2.24, 2.45) is 16.1 Å². The first kappa shape index (κ1) is 13.4. The molecule has 1 aliphatic carbocycles. The van der Waals surface area contributed by atoms with Gasteiger partial charge in [0, 0.05) is 12.1 Å².